The predicted octanol–water partition coefficient (Wildman–Crippen LogP) is 2.73. The van der Waals surface area contributed by atoms with Crippen molar-refractivity contribution in [2.75, 3.05) is 7.11 Å². The molecular formula is C16H12N2O4S. The smallest absolute Gasteiger partial charge is 0.331 e. The first-order chi connectivity index (χ1) is 11.1. The molecule has 2 heterocycles. The molecule has 0 N–H and O–H groups in total. The van der Waals surface area contributed by atoms with Crippen molar-refractivity contribution in [3.8, 4) is 11.3 Å². The van der Waals surface area contributed by atoms with Gasteiger partial charge in [-0.3, -0.25) is 4.79 Å². The van der Waals surface area contributed by atoms with E-state index in [4.69, 9.17) is 4.52 Å². The van der Waals surface area contributed by atoms with Gasteiger partial charge in [0.15, 0.2) is 0 Å². The molecule has 0 radical (unpaired) electrons. The quantitative estimate of drug-likeness (QED) is 0.636. The van der Waals surface area contributed by atoms with E-state index in [1.54, 1.807) is 6.92 Å². The van der Waals surface area contributed by atoms with Gasteiger partial charge in [-0.2, -0.15) is 0 Å². The largest absolute Gasteiger partial charge is 0.466 e. The molecule has 1 aromatic heterocycles. The number of hydrogen-bond donors (Lipinski definition) is 0. The van der Waals surface area contributed by atoms with E-state index in [2.05, 4.69) is 14.9 Å². The SMILES string of the molecule is COC(=O)/C=C1\SC(c2c(-c3ccccc3)noc2C)=NC1=O. The summed E-state index contributed by atoms with van der Waals surface area (Å²) in [6, 6.07) is 9.47. The number of carbonyl (C=O) groups is 2. The Morgan fingerprint density at radius 1 is 1.30 bits per heavy atom. The minimum absolute atomic E-state index is 0.214. The van der Waals surface area contributed by atoms with Crippen LogP contribution in [0.2, 0.25) is 0 Å². The van der Waals surface area contributed by atoms with Crippen molar-refractivity contribution >= 4 is 28.7 Å². The molecule has 1 aromatic carbocycles. The van der Waals surface area contributed by atoms with Crippen molar-refractivity contribution in [3.63, 3.8) is 0 Å². The Balaban J connectivity index is 2.00. The second-order valence-corrected chi connectivity index (χ2v) is 5.71. The van der Waals surface area contributed by atoms with Crippen molar-refractivity contribution in [1.82, 2.24) is 5.16 Å². The first-order valence-electron chi connectivity index (χ1n) is 6.72. The number of ether oxygens (including phenoxy) is 1. The van der Waals surface area contributed by atoms with Crippen LogP contribution < -0.4 is 0 Å². The second-order valence-electron chi connectivity index (χ2n) is 4.68. The summed E-state index contributed by atoms with van der Waals surface area (Å²) in [4.78, 5) is 27.5. The second kappa shape index (κ2) is 6.21. The minimum atomic E-state index is -0.595. The number of hydrogen-bond acceptors (Lipinski definition) is 6. The number of methoxy groups -OCH3 is 1. The van der Waals surface area contributed by atoms with Gasteiger partial charge >= 0.3 is 5.97 Å². The zero-order valence-corrected chi connectivity index (χ0v) is 13.2. The molecule has 1 aliphatic heterocycles. The van der Waals surface area contributed by atoms with Crippen molar-refractivity contribution in [1.29, 1.82) is 0 Å². The molecule has 6 nitrogen and oxygen atoms in total. The van der Waals surface area contributed by atoms with E-state index in [-0.39, 0.29) is 4.91 Å². The lowest BCUT2D eigenvalue weighted by Crippen LogP contribution is -1.98. The van der Waals surface area contributed by atoms with Gasteiger partial charge in [-0.1, -0.05) is 47.3 Å². The van der Waals surface area contributed by atoms with Gasteiger partial charge in [0.2, 0.25) is 0 Å². The molecule has 1 amide bonds. The van der Waals surface area contributed by atoms with Crippen LogP contribution >= 0.6 is 11.8 Å². The highest BCUT2D eigenvalue weighted by molar-refractivity contribution is 8.19. The standard InChI is InChI=1S/C16H12N2O4S/c1-9-13(14(18-22-9)10-6-4-3-5-7-10)16-17-15(20)11(23-16)8-12(19)21-2/h3-8H,1-2H3/b11-8-. The van der Waals surface area contributed by atoms with Gasteiger partial charge in [0, 0.05) is 11.6 Å². The lowest BCUT2D eigenvalue weighted by atomic mass is 10.1. The zero-order chi connectivity index (χ0) is 16.4. The molecule has 1 aliphatic rings. The number of amides is 1. The molecule has 0 saturated heterocycles. The highest BCUT2D eigenvalue weighted by Crippen LogP contribution is 2.35. The van der Waals surface area contributed by atoms with E-state index < -0.39 is 11.9 Å². The third kappa shape index (κ3) is 2.95. The molecule has 0 unspecified atom stereocenters. The van der Waals surface area contributed by atoms with Crippen molar-refractivity contribution in [3.05, 3.63) is 52.6 Å². The highest BCUT2D eigenvalue weighted by Gasteiger charge is 2.29. The molecule has 3 rings (SSSR count). The Hall–Kier alpha value is -2.67. The fourth-order valence-electron chi connectivity index (χ4n) is 2.10. The van der Waals surface area contributed by atoms with Gasteiger partial charge in [-0.15, -0.1) is 0 Å². The number of nitrogens with zero attached hydrogens (tertiary/aromatic N) is 2. The van der Waals surface area contributed by atoms with E-state index in [9.17, 15) is 9.59 Å². The summed E-state index contributed by atoms with van der Waals surface area (Å²) in [5.41, 5.74) is 2.13. The van der Waals surface area contributed by atoms with Crippen molar-refractivity contribution in [2.45, 2.75) is 6.92 Å². The third-order valence-electron chi connectivity index (χ3n) is 3.19. The summed E-state index contributed by atoms with van der Waals surface area (Å²) in [5, 5.41) is 4.53. The molecule has 0 fully saturated rings. The number of carbonyl (C=O) groups excluding carboxylic acids is 2. The van der Waals surface area contributed by atoms with E-state index in [0.29, 0.717) is 22.1 Å². The Morgan fingerprint density at radius 2 is 2.04 bits per heavy atom. The Labute approximate surface area is 136 Å². The molecule has 0 spiro atoms. The van der Waals surface area contributed by atoms with Crippen LogP contribution in [0, 0.1) is 6.92 Å². The third-order valence-corrected chi connectivity index (χ3v) is 4.20. The van der Waals surface area contributed by atoms with Gasteiger partial charge in [0.1, 0.15) is 16.5 Å². The van der Waals surface area contributed by atoms with Crippen LogP contribution in [0.5, 0.6) is 0 Å². The average Bonchev–Trinajstić information content (AvgIpc) is 3.11. The number of aliphatic imine (C=N–C) groups is 1. The normalized spacial score (nSPS) is 15.8. The van der Waals surface area contributed by atoms with Gasteiger partial charge < -0.3 is 9.26 Å². The molecule has 0 aliphatic carbocycles. The first-order valence-corrected chi connectivity index (χ1v) is 7.54. The number of rotatable bonds is 3. The topological polar surface area (TPSA) is 81.8 Å². The number of benzene rings is 1. The van der Waals surface area contributed by atoms with Crippen molar-refractivity contribution in [2.24, 2.45) is 4.99 Å². The van der Waals surface area contributed by atoms with E-state index >= 15 is 0 Å². The number of aryl methyl sites for hydroxylation is 1. The predicted molar refractivity (Wildman–Crippen MR) is 85.9 cm³/mol. The Morgan fingerprint density at radius 3 is 2.74 bits per heavy atom. The molecule has 2 aromatic rings. The number of esters is 1. The Bertz CT molecular complexity index is 837. The molecule has 0 atom stereocenters. The molecule has 0 saturated carbocycles. The molecular weight excluding hydrogens is 316 g/mol. The molecule has 7 heteroatoms. The fraction of sp³-hybridized carbons (Fsp3) is 0.125. The van der Waals surface area contributed by atoms with Crippen LogP contribution in [0.15, 0.2) is 50.8 Å². The van der Waals surface area contributed by atoms with Gasteiger partial charge in [0.05, 0.1) is 17.6 Å². The molecule has 23 heavy (non-hydrogen) atoms. The first kappa shape index (κ1) is 15.2. The minimum Gasteiger partial charge on any atom is -0.466 e. The van der Waals surface area contributed by atoms with E-state index in [1.165, 1.54) is 7.11 Å². The molecule has 0 bridgehead atoms. The maximum Gasteiger partial charge on any atom is 0.331 e. The maximum atomic E-state index is 12.0. The van der Waals surface area contributed by atoms with Crippen LogP contribution in [0.4, 0.5) is 0 Å². The molecule has 116 valence electrons. The monoisotopic (exact) mass is 328 g/mol. The summed E-state index contributed by atoms with van der Waals surface area (Å²) in [6.45, 7) is 1.75. The van der Waals surface area contributed by atoms with Crippen LogP contribution in [0.1, 0.15) is 11.3 Å². The van der Waals surface area contributed by atoms with Crippen molar-refractivity contribution < 1.29 is 18.8 Å². The maximum absolute atomic E-state index is 12.0. The summed E-state index contributed by atoms with van der Waals surface area (Å²) >= 11 is 1.10. The van der Waals surface area contributed by atoms with Gasteiger partial charge in [0.25, 0.3) is 5.91 Å². The van der Waals surface area contributed by atoms with Gasteiger partial charge in [-0.05, 0) is 6.92 Å². The Kier molecular flexibility index (Phi) is 4.12. The van der Waals surface area contributed by atoms with Crippen LogP contribution in [-0.4, -0.2) is 29.2 Å². The van der Waals surface area contributed by atoms with E-state index in [0.717, 1.165) is 23.4 Å². The summed E-state index contributed by atoms with van der Waals surface area (Å²) < 4.78 is 9.81. The average molecular weight is 328 g/mol. The lowest BCUT2D eigenvalue weighted by Gasteiger charge is -2.01. The zero-order valence-electron chi connectivity index (χ0n) is 12.4. The van der Waals surface area contributed by atoms with Crippen LogP contribution in [-0.2, 0) is 14.3 Å². The summed E-state index contributed by atoms with van der Waals surface area (Å²) in [6.07, 6.45) is 1.13. The number of thioether (sulfide) groups is 1. The van der Waals surface area contributed by atoms with E-state index in [1.807, 2.05) is 30.3 Å². The summed E-state index contributed by atoms with van der Waals surface area (Å²) in [7, 11) is 1.25. The highest BCUT2D eigenvalue weighted by atomic mass is 32.2. The number of aromatic nitrogens is 1. The summed E-state index contributed by atoms with van der Waals surface area (Å²) in [5.74, 6) is -0.514. The van der Waals surface area contributed by atoms with Crippen LogP contribution in [0.3, 0.4) is 0 Å². The van der Waals surface area contributed by atoms with Gasteiger partial charge in [-0.25, -0.2) is 9.79 Å². The fourth-order valence-corrected chi connectivity index (χ4v) is 3.07. The van der Waals surface area contributed by atoms with Crippen LogP contribution in [0.25, 0.3) is 11.3 Å². The lowest BCUT2D eigenvalue weighted by molar-refractivity contribution is -0.135.